The average molecular weight is 287 g/mol. The lowest BCUT2D eigenvalue weighted by Crippen LogP contribution is -2.46. The Labute approximate surface area is 124 Å². The van der Waals surface area contributed by atoms with Gasteiger partial charge in [0.25, 0.3) is 0 Å². The largest absolute Gasteiger partial charge is 0.334 e. The maximum Gasteiger partial charge on any atom is 0.315 e. The summed E-state index contributed by atoms with van der Waals surface area (Å²) in [5.41, 5.74) is 2.60. The summed E-state index contributed by atoms with van der Waals surface area (Å²) in [5.74, 6) is 0. The van der Waals surface area contributed by atoms with Crippen LogP contribution in [0.25, 0.3) is 11.3 Å². The summed E-state index contributed by atoms with van der Waals surface area (Å²) in [4.78, 5) is 15.7. The lowest BCUT2D eigenvalue weighted by molar-refractivity contribution is 0.231. The van der Waals surface area contributed by atoms with Crippen molar-refractivity contribution in [2.45, 2.75) is 32.9 Å². The van der Waals surface area contributed by atoms with Gasteiger partial charge in [0, 0.05) is 30.5 Å². The standard InChI is InChI=1S/C15H21N5O/c1-15(2,3)18-14(21)17-10-12-9-13(20(4)19-12)11-5-7-16-8-6-11/h5-9H,10H2,1-4H3,(H2,17,18,21). The average Bonchev–Trinajstić information content (AvgIpc) is 2.77. The third kappa shape index (κ3) is 4.30. The first-order chi connectivity index (χ1) is 9.85. The van der Waals surface area contributed by atoms with Crippen LogP contribution in [0, 0.1) is 0 Å². The van der Waals surface area contributed by atoms with Gasteiger partial charge in [0.2, 0.25) is 0 Å². The van der Waals surface area contributed by atoms with E-state index in [9.17, 15) is 4.79 Å². The molecule has 0 saturated heterocycles. The predicted molar refractivity (Wildman–Crippen MR) is 81.6 cm³/mol. The van der Waals surface area contributed by atoms with Crippen molar-refractivity contribution in [2.75, 3.05) is 0 Å². The van der Waals surface area contributed by atoms with E-state index < -0.39 is 0 Å². The van der Waals surface area contributed by atoms with Crippen molar-refractivity contribution in [1.82, 2.24) is 25.4 Å². The molecule has 2 amide bonds. The van der Waals surface area contributed by atoms with Crippen molar-refractivity contribution >= 4 is 6.03 Å². The first-order valence-electron chi connectivity index (χ1n) is 6.84. The quantitative estimate of drug-likeness (QED) is 0.908. The third-order valence-corrected chi connectivity index (χ3v) is 2.83. The lowest BCUT2D eigenvalue weighted by Gasteiger charge is -2.20. The van der Waals surface area contributed by atoms with Crippen LogP contribution in [0.5, 0.6) is 0 Å². The minimum atomic E-state index is -0.254. The second-order valence-corrected chi connectivity index (χ2v) is 5.94. The Kier molecular flexibility index (Phi) is 4.26. The molecule has 2 aromatic heterocycles. The number of amides is 2. The molecule has 6 heteroatoms. The monoisotopic (exact) mass is 287 g/mol. The summed E-state index contributed by atoms with van der Waals surface area (Å²) in [6, 6.07) is 5.63. The van der Waals surface area contributed by atoms with Crippen LogP contribution in [0.15, 0.2) is 30.6 Å². The molecule has 2 heterocycles. The molecule has 0 aliphatic heterocycles. The first kappa shape index (κ1) is 15.0. The predicted octanol–water partition coefficient (Wildman–Crippen LogP) is 2.08. The van der Waals surface area contributed by atoms with Crippen LogP contribution in [-0.2, 0) is 13.6 Å². The molecule has 0 radical (unpaired) electrons. The Morgan fingerprint density at radius 2 is 1.95 bits per heavy atom. The molecular formula is C15H21N5O. The summed E-state index contributed by atoms with van der Waals surface area (Å²) in [6.45, 7) is 6.21. The van der Waals surface area contributed by atoms with Crippen LogP contribution >= 0.6 is 0 Å². The number of carbonyl (C=O) groups is 1. The molecule has 2 aromatic rings. The minimum absolute atomic E-state index is 0.196. The molecule has 0 aromatic carbocycles. The van der Waals surface area contributed by atoms with E-state index in [1.165, 1.54) is 0 Å². The number of urea groups is 1. The highest BCUT2D eigenvalue weighted by molar-refractivity contribution is 5.74. The third-order valence-electron chi connectivity index (χ3n) is 2.83. The Hall–Kier alpha value is -2.37. The Morgan fingerprint density at radius 3 is 2.57 bits per heavy atom. The highest BCUT2D eigenvalue weighted by Crippen LogP contribution is 2.18. The summed E-state index contributed by atoms with van der Waals surface area (Å²) in [6.07, 6.45) is 3.49. The normalized spacial score (nSPS) is 11.2. The van der Waals surface area contributed by atoms with E-state index in [-0.39, 0.29) is 11.6 Å². The van der Waals surface area contributed by atoms with Gasteiger partial charge in [-0.3, -0.25) is 9.67 Å². The molecule has 2 N–H and O–H groups in total. The van der Waals surface area contributed by atoms with Crippen LogP contribution < -0.4 is 10.6 Å². The van der Waals surface area contributed by atoms with E-state index in [1.807, 2.05) is 46.0 Å². The van der Waals surface area contributed by atoms with Gasteiger partial charge in [-0.1, -0.05) is 0 Å². The zero-order valence-electron chi connectivity index (χ0n) is 12.8. The second-order valence-electron chi connectivity index (χ2n) is 5.94. The van der Waals surface area contributed by atoms with Crippen LogP contribution in [-0.4, -0.2) is 26.3 Å². The van der Waals surface area contributed by atoms with Crippen molar-refractivity contribution in [3.8, 4) is 11.3 Å². The van der Waals surface area contributed by atoms with Crippen molar-refractivity contribution in [3.05, 3.63) is 36.3 Å². The van der Waals surface area contributed by atoms with E-state index in [4.69, 9.17) is 0 Å². The molecule has 2 rings (SSSR count). The molecule has 0 spiro atoms. The van der Waals surface area contributed by atoms with Crippen molar-refractivity contribution in [2.24, 2.45) is 7.05 Å². The molecule has 0 aliphatic carbocycles. The molecule has 0 fully saturated rings. The van der Waals surface area contributed by atoms with Crippen molar-refractivity contribution in [1.29, 1.82) is 0 Å². The number of carbonyl (C=O) groups excluding carboxylic acids is 1. The van der Waals surface area contributed by atoms with Gasteiger partial charge in [0.15, 0.2) is 0 Å². The second kappa shape index (κ2) is 5.95. The van der Waals surface area contributed by atoms with Gasteiger partial charge in [-0.25, -0.2) is 4.79 Å². The van der Waals surface area contributed by atoms with Crippen LogP contribution in [0.3, 0.4) is 0 Å². The summed E-state index contributed by atoms with van der Waals surface area (Å²) in [5, 5.41) is 10.1. The number of aryl methyl sites for hydroxylation is 1. The van der Waals surface area contributed by atoms with Gasteiger partial charge in [0.1, 0.15) is 0 Å². The zero-order chi connectivity index (χ0) is 15.5. The Bertz CT molecular complexity index is 613. The molecule has 0 aliphatic rings. The van der Waals surface area contributed by atoms with E-state index in [1.54, 1.807) is 17.1 Å². The van der Waals surface area contributed by atoms with E-state index in [2.05, 4.69) is 20.7 Å². The lowest BCUT2D eigenvalue weighted by atomic mass is 10.1. The first-order valence-corrected chi connectivity index (χ1v) is 6.84. The van der Waals surface area contributed by atoms with Gasteiger partial charge in [0.05, 0.1) is 17.9 Å². The SMILES string of the molecule is Cn1nc(CNC(=O)NC(C)(C)C)cc1-c1ccncc1. The molecule has 0 bridgehead atoms. The van der Waals surface area contributed by atoms with Gasteiger partial charge in [-0.15, -0.1) is 0 Å². The van der Waals surface area contributed by atoms with Crippen molar-refractivity contribution in [3.63, 3.8) is 0 Å². The fourth-order valence-corrected chi connectivity index (χ4v) is 1.96. The van der Waals surface area contributed by atoms with E-state index >= 15 is 0 Å². The number of aromatic nitrogens is 3. The van der Waals surface area contributed by atoms with Crippen LogP contribution in [0.2, 0.25) is 0 Å². The maximum atomic E-state index is 11.7. The summed E-state index contributed by atoms with van der Waals surface area (Å²) < 4.78 is 1.80. The van der Waals surface area contributed by atoms with Crippen molar-refractivity contribution < 1.29 is 4.79 Å². The zero-order valence-corrected chi connectivity index (χ0v) is 12.8. The van der Waals surface area contributed by atoms with E-state index in [0.29, 0.717) is 6.54 Å². The maximum absolute atomic E-state index is 11.7. The Morgan fingerprint density at radius 1 is 1.29 bits per heavy atom. The Balaban J connectivity index is 2.02. The molecule has 112 valence electrons. The number of rotatable bonds is 3. The molecule has 6 nitrogen and oxygen atoms in total. The van der Waals surface area contributed by atoms with Gasteiger partial charge < -0.3 is 10.6 Å². The topological polar surface area (TPSA) is 71.8 Å². The highest BCUT2D eigenvalue weighted by Gasteiger charge is 2.14. The minimum Gasteiger partial charge on any atom is -0.334 e. The van der Waals surface area contributed by atoms with Gasteiger partial charge in [-0.2, -0.15) is 5.10 Å². The van der Waals surface area contributed by atoms with Crippen LogP contribution in [0.4, 0.5) is 4.79 Å². The van der Waals surface area contributed by atoms with Gasteiger partial charge in [-0.05, 0) is 39.0 Å². The molecule has 0 atom stereocenters. The van der Waals surface area contributed by atoms with E-state index in [0.717, 1.165) is 17.0 Å². The number of pyridine rings is 1. The summed E-state index contributed by atoms with van der Waals surface area (Å²) in [7, 11) is 1.88. The highest BCUT2D eigenvalue weighted by atomic mass is 16.2. The van der Waals surface area contributed by atoms with Crippen LogP contribution in [0.1, 0.15) is 26.5 Å². The number of nitrogens with zero attached hydrogens (tertiary/aromatic N) is 3. The fourth-order valence-electron chi connectivity index (χ4n) is 1.96. The molecule has 21 heavy (non-hydrogen) atoms. The number of nitrogens with one attached hydrogen (secondary N) is 2. The van der Waals surface area contributed by atoms with Gasteiger partial charge >= 0.3 is 6.03 Å². The molecule has 0 unspecified atom stereocenters. The number of hydrogen-bond donors (Lipinski definition) is 2. The summed E-state index contributed by atoms with van der Waals surface area (Å²) >= 11 is 0. The smallest absolute Gasteiger partial charge is 0.315 e. The molecule has 0 saturated carbocycles. The molecular weight excluding hydrogens is 266 g/mol. The fraction of sp³-hybridized carbons (Fsp3) is 0.400. The number of hydrogen-bond acceptors (Lipinski definition) is 3.